The van der Waals surface area contributed by atoms with Crippen molar-refractivity contribution in [3.05, 3.63) is 11.4 Å². The average Bonchev–Trinajstić information content (AvgIpc) is 2.42. The summed E-state index contributed by atoms with van der Waals surface area (Å²) in [5.41, 5.74) is 1.10. The third-order valence-corrected chi connectivity index (χ3v) is 3.18. The van der Waals surface area contributed by atoms with E-state index in [9.17, 15) is 0 Å². The van der Waals surface area contributed by atoms with E-state index in [0.717, 1.165) is 55.6 Å². The SMILES string of the molecule is CCNc1nc(CC)nc(NCCN(C)CC)c1C. The monoisotopic (exact) mass is 265 g/mol. The fourth-order valence-electron chi connectivity index (χ4n) is 1.76. The second kappa shape index (κ2) is 7.94. The molecule has 0 saturated heterocycles. The van der Waals surface area contributed by atoms with E-state index in [4.69, 9.17) is 0 Å². The molecular weight excluding hydrogens is 238 g/mol. The Balaban J connectivity index is 2.77. The standard InChI is InChI=1S/C14H27N5/c1-6-12-17-13(15-7-2)11(4)14(18-12)16-9-10-19(5)8-3/h6-10H2,1-5H3,(H2,15,16,17,18). The lowest BCUT2D eigenvalue weighted by molar-refractivity contribution is 0.367. The number of likely N-dealkylation sites (N-methyl/N-ethyl adjacent to an activating group) is 1. The van der Waals surface area contributed by atoms with Crippen molar-refractivity contribution in [2.75, 3.05) is 43.9 Å². The Kier molecular flexibility index (Phi) is 6.56. The highest BCUT2D eigenvalue weighted by molar-refractivity contribution is 5.57. The molecule has 0 amide bonds. The third-order valence-electron chi connectivity index (χ3n) is 3.18. The number of hydrogen-bond acceptors (Lipinski definition) is 5. The number of nitrogens with one attached hydrogen (secondary N) is 2. The lowest BCUT2D eigenvalue weighted by Crippen LogP contribution is -2.25. The largest absolute Gasteiger partial charge is 0.370 e. The molecule has 1 aromatic rings. The van der Waals surface area contributed by atoms with Crippen LogP contribution in [0.2, 0.25) is 0 Å². The molecule has 2 N–H and O–H groups in total. The van der Waals surface area contributed by atoms with Gasteiger partial charge in [0.15, 0.2) is 0 Å². The van der Waals surface area contributed by atoms with Gasteiger partial charge in [0.25, 0.3) is 0 Å². The van der Waals surface area contributed by atoms with E-state index in [2.05, 4.69) is 60.2 Å². The van der Waals surface area contributed by atoms with E-state index in [0.29, 0.717) is 0 Å². The van der Waals surface area contributed by atoms with Crippen molar-refractivity contribution < 1.29 is 0 Å². The number of hydrogen-bond donors (Lipinski definition) is 2. The zero-order valence-electron chi connectivity index (χ0n) is 12.9. The highest BCUT2D eigenvalue weighted by atomic mass is 15.1. The van der Waals surface area contributed by atoms with Crippen molar-refractivity contribution in [2.24, 2.45) is 0 Å². The Labute approximate surface area is 116 Å². The topological polar surface area (TPSA) is 53.1 Å². The number of anilines is 2. The maximum absolute atomic E-state index is 4.58. The van der Waals surface area contributed by atoms with Crippen LogP contribution in [-0.2, 0) is 6.42 Å². The summed E-state index contributed by atoms with van der Waals surface area (Å²) in [6.45, 7) is 12.2. The highest BCUT2D eigenvalue weighted by Crippen LogP contribution is 2.19. The number of aryl methyl sites for hydroxylation is 1. The molecule has 5 heteroatoms. The minimum Gasteiger partial charge on any atom is -0.370 e. The maximum atomic E-state index is 4.58. The Bertz CT molecular complexity index is 392. The van der Waals surface area contributed by atoms with Gasteiger partial charge in [0.1, 0.15) is 17.5 Å². The van der Waals surface area contributed by atoms with Crippen molar-refractivity contribution in [3.8, 4) is 0 Å². The second-order valence-corrected chi connectivity index (χ2v) is 4.67. The average molecular weight is 265 g/mol. The number of rotatable bonds is 8. The molecule has 0 fully saturated rings. The van der Waals surface area contributed by atoms with Crippen LogP contribution in [0.3, 0.4) is 0 Å². The van der Waals surface area contributed by atoms with E-state index in [1.807, 2.05) is 0 Å². The van der Waals surface area contributed by atoms with Crippen LogP contribution >= 0.6 is 0 Å². The molecule has 0 saturated carbocycles. The molecule has 0 aliphatic heterocycles. The summed E-state index contributed by atoms with van der Waals surface area (Å²) in [5.74, 6) is 2.78. The molecule has 1 rings (SSSR count). The predicted octanol–water partition coefficient (Wildman–Crippen LogP) is 2.14. The molecule has 5 nitrogen and oxygen atoms in total. The van der Waals surface area contributed by atoms with Gasteiger partial charge < -0.3 is 15.5 Å². The molecule has 0 atom stereocenters. The fourth-order valence-corrected chi connectivity index (χ4v) is 1.76. The first-order valence-corrected chi connectivity index (χ1v) is 7.16. The van der Waals surface area contributed by atoms with Crippen molar-refractivity contribution in [1.82, 2.24) is 14.9 Å². The maximum Gasteiger partial charge on any atom is 0.134 e. The van der Waals surface area contributed by atoms with Gasteiger partial charge in [-0.25, -0.2) is 9.97 Å². The quantitative estimate of drug-likeness (QED) is 0.754. The van der Waals surface area contributed by atoms with Gasteiger partial charge in [-0.15, -0.1) is 0 Å². The third kappa shape index (κ3) is 4.67. The van der Waals surface area contributed by atoms with Crippen molar-refractivity contribution >= 4 is 11.6 Å². The molecule has 0 spiro atoms. The van der Waals surface area contributed by atoms with Crippen LogP contribution in [0.4, 0.5) is 11.6 Å². The van der Waals surface area contributed by atoms with Crippen molar-refractivity contribution in [3.63, 3.8) is 0 Å². The fraction of sp³-hybridized carbons (Fsp3) is 0.714. The van der Waals surface area contributed by atoms with Gasteiger partial charge in [0.05, 0.1) is 0 Å². The second-order valence-electron chi connectivity index (χ2n) is 4.67. The summed E-state index contributed by atoms with van der Waals surface area (Å²) in [7, 11) is 2.12. The Morgan fingerprint density at radius 2 is 1.68 bits per heavy atom. The molecule has 1 aromatic heterocycles. The molecule has 0 aromatic carbocycles. The van der Waals surface area contributed by atoms with Gasteiger partial charge in [-0.1, -0.05) is 13.8 Å². The first kappa shape index (κ1) is 15.7. The van der Waals surface area contributed by atoms with E-state index >= 15 is 0 Å². The number of aromatic nitrogens is 2. The van der Waals surface area contributed by atoms with Gasteiger partial charge in [0, 0.05) is 31.6 Å². The summed E-state index contributed by atoms with van der Waals surface area (Å²) in [6.07, 6.45) is 0.849. The molecule has 19 heavy (non-hydrogen) atoms. The smallest absolute Gasteiger partial charge is 0.134 e. The van der Waals surface area contributed by atoms with Gasteiger partial charge in [0.2, 0.25) is 0 Å². The van der Waals surface area contributed by atoms with Crippen molar-refractivity contribution in [2.45, 2.75) is 34.1 Å². The normalized spacial score (nSPS) is 10.8. The Morgan fingerprint density at radius 1 is 1.05 bits per heavy atom. The van der Waals surface area contributed by atoms with Gasteiger partial charge in [-0.3, -0.25) is 0 Å². The summed E-state index contributed by atoms with van der Waals surface area (Å²) < 4.78 is 0. The van der Waals surface area contributed by atoms with Crippen LogP contribution in [0.15, 0.2) is 0 Å². The van der Waals surface area contributed by atoms with Crippen LogP contribution in [0, 0.1) is 6.92 Å². The molecule has 0 radical (unpaired) electrons. The van der Waals surface area contributed by atoms with Crippen LogP contribution in [-0.4, -0.2) is 48.1 Å². The summed E-state index contributed by atoms with van der Waals surface area (Å²) in [6, 6.07) is 0. The van der Waals surface area contributed by atoms with Crippen LogP contribution in [0.5, 0.6) is 0 Å². The molecule has 0 aliphatic rings. The Hall–Kier alpha value is -1.36. The summed E-state index contributed by atoms with van der Waals surface area (Å²) in [5, 5.41) is 6.72. The van der Waals surface area contributed by atoms with Crippen LogP contribution < -0.4 is 10.6 Å². The highest BCUT2D eigenvalue weighted by Gasteiger charge is 2.09. The van der Waals surface area contributed by atoms with Crippen molar-refractivity contribution in [1.29, 1.82) is 0 Å². The summed E-state index contributed by atoms with van der Waals surface area (Å²) in [4.78, 5) is 11.4. The molecule has 0 bridgehead atoms. The minimum absolute atomic E-state index is 0.849. The molecule has 108 valence electrons. The predicted molar refractivity (Wildman–Crippen MR) is 82.0 cm³/mol. The Morgan fingerprint density at radius 3 is 2.21 bits per heavy atom. The molecular formula is C14H27N5. The lowest BCUT2D eigenvalue weighted by atomic mass is 10.3. The first-order chi connectivity index (χ1) is 9.12. The number of nitrogens with zero attached hydrogens (tertiary/aromatic N) is 3. The lowest BCUT2D eigenvalue weighted by Gasteiger charge is -2.17. The van der Waals surface area contributed by atoms with Crippen LogP contribution in [0.25, 0.3) is 0 Å². The van der Waals surface area contributed by atoms with E-state index in [1.165, 1.54) is 0 Å². The molecule has 0 aliphatic carbocycles. The minimum atomic E-state index is 0.849. The van der Waals surface area contributed by atoms with E-state index in [1.54, 1.807) is 0 Å². The molecule has 0 unspecified atom stereocenters. The van der Waals surface area contributed by atoms with Gasteiger partial charge in [-0.05, 0) is 27.4 Å². The van der Waals surface area contributed by atoms with E-state index < -0.39 is 0 Å². The van der Waals surface area contributed by atoms with E-state index in [-0.39, 0.29) is 0 Å². The zero-order chi connectivity index (χ0) is 14.3. The van der Waals surface area contributed by atoms with Crippen LogP contribution in [0.1, 0.15) is 32.2 Å². The molecule has 1 heterocycles. The van der Waals surface area contributed by atoms with Gasteiger partial charge in [-0.2, -0.15) is 0 Å². The summed E-state index contributed by atoms with van der Waals surface area (Å²) >= 11 is 0. The van der Waals surface area contributed by atoms with Gasteiger partial charge >= 0.3 is 0 Å². The first-order valence-electron chi connectivity index (χ1n) is 7.16. The zero-order valence-corrected chi connectivity index (χ0v) is 12.9.